The van der Waals surface area contributed by atoms with E-state index in [9.17, 15) is 54.0 Å². The molecule has 6 amide bonds. The summed E-state index contributed by atoms with van der Waals surface area (Å²) in [4.78, 5) is 74.6. The molecule has 73 heavy (non-hydrogen) atoms. The summed E-state index contributed by atoms with van der Waals surface area (Å²) in [6, 6.07) is 15.4. The van der Waals surface area contributed by atoms with Crippen molar-refractivity contribution in [1.82, 2.24) is 42.8 Å². The summed E-state index contributed by atoms with van der Waals surface area (Å²) >= 11 is 0. The summed E-state index contributed by atoms with van der Waals surface area (Å²) < 4.78 is 86.4. The first-order valence-corrected chi connectivity index (χ1v) is 27.4. The van der Waals surface area contributed by atoms with Gasteiger partial charge in [0.1, 0.15) is 5.54 Å². The summed E-state index contributed by atoms with van der Waals surface area (Å²) in [6.45, 7) is 1.25. The molecule has 0 fully saturated rings. The fourth-order valence-electron chi connectivity index (χ4n) is 6.31. The highest BCUT2D eigenvalue weighted by Gasteiger charge is 2.32. The first-order chi connectivity index (χ1) is 34.5. The number of amides is 6. The number of nitrogens with one attached hydrogen (secondary N) is 8. The minimum Gasteiger partial charge on any atom is -0.379 e. The van der Waals surface area contributed by atoms with Crippen molar-refractivity contribution >= 4 is 65.5 Å². The van der Waals surface area contributed by atoms with E-state index < -0.39 is 53.3 Å². The van der Waals surface area contributed by atoms with Crippen LogP contribution in [0.2, 0.25) is 0 Å². The lowest BCUT2D eigenvalue weighted by molar-refractivity contribution is -0.122. The van der Waals surface area contributed by atoms with Gasteiger partial charge in [0.2, 0.25) is 47.8 Å². The van der Waals surface area contributed by atoms with Gasteiger partial charge >= 0.3 is 0 Å². The monoisotopic (exact) mass is 1080 g/mol. The Morgan fingerprint density at radius 3 is 0.904 bits per heavy atom. The zero-order valence-corrected chi connectivity index (χ0v) is 42.7. The van der Waals surface area contributed by atoms with E-state index in [-0.39, 0.29) is 147 Å². The third-order valence-corrected chi connectivity index (χ3v) is 13.0. The second-order valence-electron chi connectivity index (χ2n) is 16.1. The number of hydrazine groups is 1. The van der Waals surface area contributed by atoms with Crippen LogP contribution in [0, 0.1) is 0 Å². The number of carbonyl (C=O) groups is 6. The summed E-state index contributed by atoms with van der Waals surface area (Å²) in [5, 5.41) is 31.6. The molecule has 14 N–H and O–H groups in total. The molecule has 0 unspecified atom stereocenters. The zero-order valence-electron chi connectivity index (χ0n) is 40.2. The predicted molar refractivity (Wildman–Crippen MR) is 265 cm³/mol. The van der Waals surface area contributed by atoms with Crippen LogP contribution in [-0.4, -0.2) is 152 Å². The summed E-state index contributed by atoms with van der Waals surface area (Å²) in [5.41, 5.74) is 5.55. The number of rotatable bonds is 35. The van der Waals surface area contributed by atoms with Crippen molar-refractivity contribution in [2.24, 2.45) is 15.4 Å². The van der Waals surface area contributed by atoms with Gasteiger partial charge in [0.25, 0.3) is 17.7 Å². The SMILES string of the molecule is CNNC(COCCC(=O)NCCCNC(=O)c1ccc(S(N)(=O)=O)cc1)(COCCC(=O)NCCCNC(=O)c1ccc(S(N)(=O)=O)cc1)COCCC(=O)NCCCNC(=O)c1ccc(S(N)(=O)=O)cc1. The van der Waals surface area contributed by atoms with Gasteiger partial charge in [-0.2, -0.15) is 0 Å². The molecule has 0 aliphatic carbocycles. The number of primary sulfonamides is 3. The van der Waals surface area contributed by atoms with Crippen LogP contribution < -0.4 is 58.2 Å². The summed E-state index contributed by atoms with van der Waals surface area (Å²) in [5.74, 6) is -2.25. The van der Waals surface area contributed by atoms with Gasteiger partial charge in [-0.25, -0.2) is 46.1 Å². The van der Waals surface area contributed by atoms with Crippen molar-refractivity contribution in [1.29, 1.82) is 0 Å². The molecule has 0 saturated carbocycles. The smallest absolute Gasteiger partial charge is 0.251 e. The Hall–Kier alpha value is -5.99. The molecule has 3 aromatic carbocycles. The van der Waals surface area contributed by atoms with Crippen LogP contribution in [0.3, 0.4) is 0 Å². The molecule has 404 valence electrons. The van der Waals surface area contributed by atoms with Crippen molar-refractivity contribution in [2.75, 3.05) is 86.0 Å². The number of ether oxygens (including phenoxy) is 3. The number of sulfonamides is 3. The average Bonchev–Trinajstić information content (AvgIpc) is 3.34. The lowest BCUT2D eigenvalue weighted by Gasteiger charge is -2.34. The molecule has 0 aliphatic heterocycles. The molecule has 0 bridgehead atoms. The minimum atomic E-state index is -3.90. The van der Waals surface area contributed by atoms with Crippen LogP contribution in [0.25, 0.3) is 0 Å². The number of hydrogen-bond donors (Lipinski definition) is 11. The Balaban J connectivity index is 1.42. The Morgan fingerprint density at radius 2 is 0.671 bits per heavy atom. The molecular formula is C44H65N11O15S3. The van der Waals surface area contributed by atoms with Gasteiger partial charge in [-0.05, 0) is 99.1 Å². The first-order valence-electron chi connectivity index (χ1n) is 22.7. The molecule has 0 aliphatic rings. The standard InChI is InChI=1S/C44H65N11O15S3/c1-48-55-44(29-68-26-17-38(56)49-20-2-23-52-41(59)32-5-11-35(12-6-32)71(45,62)63,30-69-27-18-39(57)50-21-3-24-53-42(60)33-7-13-36(14-8-33)72(46,64)65)31-70-28-19-40(58)51-22-4-25-54-43(61)34-9-15-37(16-10-34)73(47,66)67/h5-16,48,55H,2-4,17-31H2,1H3,(H,49,56)(H,50,57)(H,51,58)(H,52,59)(H,53,60)(H,54,61)(H2,45,62,63)(H2,46,64,65)(H2,47,66,67). The maximum absolute atomic E-state index is 12.6. The topological polar surface area (TPSA) is 407 Å². The number of benzene rings is 3. The van der Waals surface area contributed by atoms with Gasteiger partial charge in [-0.1, -0.05) is 0 Å². The Bertz CT molecular complexity index is 2340. The molecular weight excluding hydrogens is 1020 g/mol. The van der Waals surface area contributed by atoms with Gasteiger partial charge < -0.3 is 46.1 Å². The van der Waals surface area contributed by atoms with Gasteiger partial charge in [0.05, 0.1) is 54.3 Å². The first kappa shape index (κ1) is 61.3. The van der Waals surface area contributed by atoms with Gasteiger partial charge in [-0.15, -0.1) is 0 Å². The van der Waals surface area contributed by atoms with E-state index in [4.69, 9.17) is 29.6 Å². The predicted octanol–water partition coefficient (Wildman–Crippen LogP) is -2.58. The van der Waals surface area contributed by atoms with Crippen LogP contribution >= 0.6 is 0 Å². The maximum Gasteiger partial charge on any atom is 0.251 e. The molecule has 0 aromatic heterocycles. The van der Waals surface area contributed by atoms with E-state index in [1.807, 2.05) is 0 Å². The molecule has 3 rings (SSSR count). The highest BCUT2D eigenvalue weighted by molar-refractivity contribution is 7.89. The van der Waals surface area contributed by atoms with Crippen molar-refractivity contribution in [3.8, 4) is 0 Å². The largest absolute Gasteiger partial charge is 0.379 e. The van der Waals surface area contributed by atoms with Crippen LogP contribution in [-0.2, 0) is 58.7 Å². The molecule has 3 aromatic rings. The molecule has 26 nitrogen and oxygen atoms in total. The Morgan fingerprint density at radius 1 is 0.425 bits per heavy atom. The summed E-state index contributed by atoms with van der Waals surface area (Å²) in [7, 11) is -10.1. The van der Waals surface area contributed by atoms with Crippen molar-refractivity contribution in [3.05, 3.63) is 89.5 Å². The van der Waals surface area contributed by atoms with E-state index in [1.54, 1.807) is 7.05 Å². The van der Waals surface area contributed by atoms with Crippen LogP contribution in [0.4, 0.5) is 0 Å². The molecule has 0 heterocycles. The number of nitrogens with two attached hydrogens (primary N) is 3. The second kappa shape index (κ2) is 30.9. The molecule has 0 saturated heterocycles. The lowest BCUT2D eigenvalue weighted by Crippen LogP contribution is -2.60. The fourth-order valence-corrected chi connectivity index (χ4v) is 7.86. The fraction of sp³-hybridized carbons (Fsp3) is 0.455. The van der Waals surface area contributed by atoms with E-state index in [0.29, 0.717) is 19.3 Å². The highest BCUT2D eigenvalue weighted by atomic mass is 32.2. The molecule has 29 heteroatoms. The lowest BCUT2D eigenvalue weighted by atomic mass is 10.0. The maximum atomic E-state index is 12.6. The number of hydrogen-bond acceptors (Lipinski definition) is 17. The summed E-state index contributed by atoms with van der Waals surface area (Å²) in [6.07, 6.45) is 1.15. The molecule has 0 radical (unpaired) electrons. The Kier molecular flexibility index (Phi) is 26.0. The van der Waals surface area contributed by atoms with Crippen molar-refractivity contribution in [3.63, 3.8) is 0 Å². The van der Waals surface area contributed by atoms with Crippen molar-refractivity contribution in [2.45, 2.75) is 58.8 Å². The van der Waals surface area contributed by atoms with Crippen LogP contribution in [0.15, 0.2) is 87.5 Å². The van der Waals surface area contributed by atoms with Gasteiger partial charge in [0, 0.05) is 75.2 Å². The van der Waals surface area contributed by atoms with Gasteiger partial charge in [-0.3, -0.25) is 34.2 Å². The number of carbonyl (C=O) groups excluding carboxylic acids is 6. The normalized spacial score (nSPS) is 11.8. The molecule has 0 atom stereocenters. The van der Waals surface area contributed by atoms with Crippen LogP contribution in [0.5, 0.6) is 0 Å². The van der Waals surface area contributed by atoms with E-state index in [0.717, 1.165) is 0 Å². The van der Waals surface area contributed by atoms with Gasteiger partial charge in [0.15, 0.2) is 0 Å². The quantitative estimate of drug-likeness (QED) is 0.0213. The third-order valence-electron chi connectivity index (χ3n) is 10.2. The average molecular weight is 1080 g/mol. The second-order valence-corrected chi connectivity index (χ2v) is 20.8. The van der Waals surface area contributed by atoms with E-state index in [2.05, 4.69) is 42.8 Å². The van der Waals surface area contributed by atoms with E-state index in [1.165, 1.54) is 72.8 Å². The molecule has 0 spiro atoms. The van der Waals surface area contributed by atoms with Crippen molar-refractivity contribution < 1.29 is 68.2 Å². The zero-order chi connectivity index (χ0) is 53.9. The minimum absolute atomic E-state index is 0.00820. The highest BCUT2D eigenvalue weighted by Crippen LogP contribution is 2.12. The van der Waals surface area contributed by atoms with E-state index >= 15 is 0 Å². The van der Waals surface area contributed by atoms with Crippen LogP contribution in [0.1, 0.15) is 69.6 Å². The third kappa shape index (κ3) is 24.1. The Labute approximate surface area is 424 Å².